The van der Waals surface area contributed by atoms with Gasteiger partial charge in [-0.3, -0.25) is 9.36 Å². The normalized spacial score (nSPS) is 15.9. The summed E-state index contributed by atoms with van der Waals surface area (Å²) in [5.41, 5.74) is 2.44. The van der Waals surface area contributed by atoms with Gasteiger partial charge in [0.15, 0.2) is 5.82 Å². The minimum Gasteiger partial charge on any atom is -0.327 e. The topological polar surface area (TPSA) is 81.7 Å². The van der Waals surface area contributed by atoms with Gasteiger partial charge in [0.1, 0.15) is 18.5 Å². The van der Waals surface area contributed by atoms with Gasteiger partial charge < -0.3 is 4.90 Å². The van der Waals surface area contributed by atoms with E-state index in [0.29, 0.717) is 24.5 Å². The van der Waals surface area contributed by atoms with E-state index in [9.17, 15) is 4.79 Å². The van der Waals surface area contributed by atoms with Gasteiger partial charge in [0.05, 0.1) is 12.6 Å². The van der Waals surface area contributed by atoms with Crippen LogP contribution in [0.3, 0.4) is 0 Å². The van der Waals surface area contributed by atoms with Crippen molar-refractivity contribution in [3.05, 3.63) is 78.6 Å². The number of fused-ring (bicyclic) bond motifs is 1. The molecular weight excluding hydrogens is 366 g/mol. The molecule has 1 aliphatic heterocycles. The molecule has 1 atom stereocenters. The molecule has 0 spiro atoms. The molecule has 0 fully saturated rings. The SMILES string of the molecule is C[C@H]1c2nc(-c3ccccc3)nn2CCN1C(=O)c1cccc(-n2cnnc2)c1. The second-order valence-electron chi connectivity index (χ2n) is 6.98. The Morgan fingerprint density at radius 3 is 2.59 bits per heavy atom. The lowest BCUT2D eigenvalue weighted by Crippen LogP contribution is -2.41. The average Bonchev–Trinajstić information content (AvgIpc) is 3.45. The first-order valence-electron chi connectivity index (χ1n) is 9.47. The second-order valence-corrected chi connectivity index (χ2v) is 6.98. The Kier molecular flexibility index (Phi) is 4.16. The first-order chi connectivity index (χ1) is 14.2. The monoisotopic (exact) mass is 385 g/mol. The minimum atomic E-state index is -0.167. The van der Waals surface area contributed by atoms with Crippen LogP contribution < -0.4 is 0 Å². The molecule has 1 aliphatic rings. The number of rotatable bonds is 3. The summed E-state index contributed by atoms with van der Waals surface area (Å²) >= 11 is 0. The highest BCUT2D eigenvalue weighted by Gasteiger charge is 2.31. The summed E-state index contributed by atoms with van der Waals surface area (Å²) in [7, 11) is 0. The van der Waals surface area contributed by atoms with Crippen LogP contribution in [0.2, 0.25) is 0 Å². The van der Waals surface area contributed by atoms with Crippen LogP contribution in [0.5, 0.6) is 0 Å². The van der Waals surface area contributed by atoms with E-state index in [1.54, 1.807) is 17.2 Å². The standard InChI is InChI=1S/C21H19N7O/c1-15-20-24-19(16-6-3-2-4-7-16)25-28(20)11-10-27(15)21(29)17-8-5-9-18(12-17)26-13-22-23-14-26/h2-9,12-15H,10-11H2,1H3/t15-/m0/s1. The number of carbonyl (C=O) groups is 1. The Hall–Kier alpha value is -3.81. The highest BCUT2D eigenvalue weighted by Crippen LogP contribution is 2.27. The largest absolute Gasteiger partial charge is 0.327 e. The van der Waals surface area contributed by atoms with Crippen molar-refractivity contribution >= 4 is 5.91 Å². The first-order valence-corrected chi connectivity index (χ1v) is 9.47. The van der Waals surface area contributed by atoms with E-state index in [1.165, 1.54) is 0 Å². The summed E-state index contributed by atoms with van der Waals surface area (Å²) in [5, 5.41) is 12.3. The summed E-state index contributed by atoms with van der Waals surface area (Å²) in [4.78, 5) is 19.8. The fourth-order valence-corrected chi connectivity index (χ4v) is 3.65. The summed E-state index contributed by atoms with van der Waals surface area (Å²) < 4.78 is 3.68. The van der Waals surface area contributed by atoms with Crippen molar-refractivity contribution < 1.29 is 4.79 Å². The maximum Gasteiger partial charge on any atom is 0.254 e. The van der Waals surface area contributed by atoms with Crippen LogP contribution >= 0.6 is 0 Å². The van der Waals surface area contributed by atoms with Crippen LogP contribution in [-0.2, 0) is 6.54 Å². The van der Waals surface area contributed by atoms with E-state index in [0.717, 1.165) is 17.1 Å². The van der Waals surface area contributed by atoms with Gasteiger partial charge in [0.2, 0.25) is 0 Å². The van der Waals surface area contributed by atoms with Crippen molar-refractivity contribution in [3.8, 4) is 17.1 Å². The molecule has 1 amide bonds. The quantitative estimate of drug-likeness (QED) is 0.542. The molecule has 0 radical (unpaired) electrons. The molecule has 4 aromatic rings. The lowest BCUT2D eigenvalue weighted by molar-refractivity contribution is 0.0630. The van der Waals surface area contributed by atoms with E-state index in [1.807, 2.05) is 71.1 Å². The van der Waals surface area contributed by atoms with E-state index in [-0.39, 0.29) is 11.9 Å². The molecular formula is C21H19N7O. The predicted octanol–water partition coefficient (Wildman–Crippen LogP) is 2.74. The van der Waals surface area contributed by atoms with Gasteiger partial charge >= 0.3 is 0 Å². The molecule has 2 aromatic heterocycles. The molecule has 0 N–H and O–H groups in total. The molecule has 0 bridgehead atoms. The maximum absolute atomic E-state index is 13.2. The zero-order valence-corrected chi connectivity index (χ0v) is 15.9. The van der Waals surface area contributed by atoms with Gasteiger partial charge in [0.25, 0.3) is 5.91 Å². The Bertz CT molecular complexity index is 1150. The van der Waals surface area contributed by atoms with Crippen molar-refractivity contribution in [2.24, 2.45) is 0 Å². The first kappa shape index (κ1) is 17.3. The summed E-state index contributed by atoms with van der Waals surface area (Å²) in [5.74, 6) is 1.47. The molecule has 5 rings (SSSR count). The number of benzene rings is 2. The third-order valence-corrected chi connectivity index (χ3v) is 5.20. The second kappa shape index (κ2) is 6.97. The number of carbonyl (C=O) groups excluding carboxylic acids is 1. The predicted molar refractivity (Wildman–Crippen MR) is 106 cm³/mol. The van der Waals surface area contributed by atoms with Gasteiger partial charge in [-0.25, -0.2) is 9.67 Å². The fourth-order valence-electron chi connectivity index (χ4n) is 3.65. The molecule has 0 saturated heterocycles. The Balaban J connectivity index is 1.43. The van der Waals surface area contributed by atoms with Crippen LogP contribution in [0.4, 0.5) is 0 Å². The number of hydrogen-bond donors (Lipinski definition) is 0. The number of nitrogens with zero attached hydrogens (tertiary/aromatic N) is 7. The third-order valence-electron chi connectivity index (χ3n) is 5.20. The molecule has 8 heteroatoms. The molecule has 144 valence electrons. The highest BCUT2D eigenvalue weighted by molar-refractivity contribution is 5.95. The van der Waals surface area contributed by atoms with Crippen LogP contribution in [0, 0.1) is 0 Å². The van der Waals surface area contributed by atoms with Gasteiger partial charge in [-0.05, 0) is 25.1 Å². The van der Waals surface area contributed by atoms with Gasteiger partial charge in [0, 0.05) is 23.4 Å². The molecule has 0 saturated carbocycles. The molecule has 0 aliphatic carbocycles. The molecule has 8 nitrogen and oxygen atoms in total. The Morgan fingerprint density at radius 2 is 1.79 bits per heavy atom. The Morgan fingerprint density at radius 1 is 1.00 bits per heavy atom. The lowest BCUT2D eigenvalue weighted by atomic mass is 10.1. The number of amides is 1. The number of hydrogen-bond acceptors (Lipinski definition) is 5. The molecule has 29 heavy (non-hydrogen) atoms. The highest BCUT2D eigenvalue weighted by atomic mass is 16.2. The summed E-state index contributed by atoms with van der Waals surface area (Å²) in [6.07, 6.45) is 3.22. The van der Waals surface area contributed by atoms with Crippen molar-refractivity contribution in [1.29, 1.82) is 0 Å². The number of aromatic nitrogens is 6. The van der Waals surface area contributed by atoms with E-state index >= 15 is 0 Å². The average molecular weight is 385 g/mol. The van der Waals surface area contributed by atoms with Gasteiger partial charge in [-0.15, -0.1) is 10.2 Å². The van der Waals surface area contributed by atoms with Crippen molar-refractivity contribution in [2.45, 2.75) is 19.5 Å². The lowest BCUT2D eigenvalue weighted by Gasteiger charge is -2.33. The molecule has 3 heterocycles. The van der Waals surface area contributed by atoms with Crippen LogP contribution in [0.15, 0.2) is 67.3 Å². The van der Waals surface area contributed by atoms with Crippen LogP contribution in [0.25, 0.3) is 17.1 Å². The van der Waals surface area contributed by atoms with Crippen molar-refractivity contribution in [2.75, 3.05) is 6.54 Å². The van der Waals surface area contributed by atoms with Crippen LogP contribution in [0.1, 0.15) is 29.1 Å². The smallest absolute Gasteiger partial charge is 0.254 e. The molecule has 2 aromatic carbocycles. The van der Waals surface area contributed by atoms with E-state index in [2.05, 4.69) is 15.3 Å². The Labute approximate surface area is 167 Å². The van der Waals surface area contributed by atoms with Crippen molar-refractivity contribution in [3.63, 3.8) is 0 Å². The zero-order chi connectivity index (χ0) is 19.8. The maximum atomic E-state index is 13.2. The van der Waals surface area contributed by atoms with Crippen molar-refractivity contribution in [1.82, 2.24) is 34.4 Å². The van der Waals surface area contributed by atoms with Gasteiger partial charge in [-0.1, -0.05) is 36.4 Å². The summed E-state index contributed by atoms with van der Waals surface area (Å²) in [6, 6.07) is 17.2. The third kappa shape index (κ3) is 3.08. The van der Waals surface area contributed by atoms with E-state index < -0.39 is 0 Å². The minimum absolute atomic E-state index is 0.0251. The van der Waals surface area contributed by atoms with Gasteiger partial charge in [-0.2, -0.15) is 5.10 Å². The van der Waals surface area contributed by atoms with Crippen LogP contribution in [-0.4, -0.2) is 46.9 Å². The summed E-state index contributed by atoms with van der Waals surface area (Å²) in [6.45, 7) is 3.20. The zero-order valence-electron chi connectivity index (χ0n) is 15.9. The van der Waals surface area contributed by atoms with E-state index in [4.69, 9.17) is 4.98 Å². The fraction of sp³-hybridized carbons (Fsp3) is 0.190. The molecule has 0 unspecified atom stereocenters.